The monoisotopic (exact) mass is 362 g/mol. The highest BCUT2D eigenvalue weighted by Gasteiger charge is 2.30. The first kappa shape index (κ1) is 19.0. The number of carbonyl (C=O) groups is 1. The molecule has 0 aliphatic heterocycles. The number of aliphatic carboxylic acids is 1. The van der Waals surface area contributed by atoms with Crippen molar-refractivity contribution in [3.8, 4) is 5.75 Å². The standard InChI is InChI=1S/C24H26O3/c1-24(2,3)15-20(23(25)26)22-19-12-8-7-11-18(19)13-14-21(22)27-16-17-9-5-4-6-10-17/h4-14,20H,15-16H2,1-3H3,(H,25,26). The lowest BCUT2D eigenvalue weighted by molar-refractivity contribution is -0.139. The van der Waals surface area contributed by atoms with Crippen LogP contribution in [0.3, 0.4) is 0 Å². The number of rotatable bonds is 6. The topological polar surface area (TPSA) is 46.5 Å². The molecule has 1 atom stereocenters. The Kier molecular flexibility index (Phi) is 5.50. The normalized spacial score (nSPS) is 12.7. The van der Waals surface area contributed by atoms with Crippen LogP contribution in [0.5, 0.6) is 5.75 Å². The molecule has 0 saturated carbocycles. The molecular formula is C24H26O3. The molecule has 0 fully saturated rings. The third-order valence-electron chi connectivity index (χ3n) is 4.63. The van der Waals surface area contributed by atoms with E-state index in [0.29, 0.717) is 18.8 Å². The van der Waals surface area contributed by atoms with E-state index in [2.05, 4.69) is 20.8 Å². The van der Waals surface area contributed by atoms with Gasteiger partial charge in [-0.2, -0.15) is 0 Å². The summed E-state index contributed by atoms with van der Waals surface area (Å²) in [5, 5.41) is 12.0. The quantitative estimate of drug-likeness (QED) is 0.583. The number of ether oxygens (including phenoxy) is 1. The first-order chi connectivity index (χ1) is 12.8. The number of carboxylic acid groups (broad SMARTS) is 1. The molecular weight excluding hydrogens is 336 g/mol. The lowest BCUT2D eigenvalue weighted by atomic mass is 9.79. The summed E-state index contributed by atoms with van der Waals surface area (Å²) in [7, 11) is 0. The number of hydrogen-bond donors (Lipinski definition) is 1. The highest BCUT2D eigenvalue weighted by Crippen LogP contribution is 2.40. The fraction of sp³-hybridized carbons (Fsp3) is 0.292. The van der Waals surface area contributed by atoms with E-state index in [4.69, 9.17) is 4.74 Å². The van der Waals surface area contributed by atoms with Crippen LogP contribution in [-0.2, 0) is 11.4 Å². The lowest BCUT2D eigenvalue weighted by Crippen LogP contribution is -2.20. The van der Waals surface area contributed by atoms with Gasteiger partial charge in [-0.3, -0.25) is 4.79 Å². The van der Waals surface area contributed by atoms with E-state index < -0.39 is 11.9 Å². The average molecular weight is 362 g/mol. The molecule has 0 heterocycles. The maximum Gasteiger partial charge on any atom is 0.311 e. The molecule has 3 aromatic carbocycles. The molecule has 0 saturated heterocycles. The Labute approximate surface area is 160 Å². The lowest BCUT2D eigenvalue weighted by Gasteiger charge is -2.26. The molecule has 0 aliphatic rings. The minimum Gasteiger partial charge on any atom is -0.489 e. The second-order valence-corrected chi connectivity index (χ2v) is 8.13. The summed E-state index contributed by atoms with van der Waals surface area (Å²) in [6.07, 6.45) is 0.540. The molecule has 3 rings (SSSR count). The zero-order valence-corrected chi connectivity index (χ0v) is 16.1. The van der Waals surface area contributed by atoms with Crippen LogP contribution >= 0.6 is 0 Å². The first-order valence-corrected chi connectivity index (χ1v) is 9.26. The van der Waals surface area contributed by atoms with Crippen molar-refractivity contribution in [2.75, 3.05) is 0 Å². The molecule has 3 aromatic rings. The molecule has 1 N–H and O–H groups in total. The highest BCUT2D eigenvalue weighted by molar-refractivity contribution is 5.93. The minimum atomic E-state index is -0.814. The van der Waals surface area contributed by atoms with Gasteiger partial charge in [-0.15, -0.1) is 0 Å². The summed E-state index contributed by atoms with van der Waals surface area (Å²) in [5.41, 5.74) is 1.71. The molecule has 3 nitrogen and oxygen atoms in total. The molecule has 0 aromatic heterocycles. The van der Waals surface area contributed by atoms with Gasteiger partial charge in [-0.25, -0.2) is 0 Å². The summed E-state index contributed by atoms with van der Waals surface area (Å²) < 4.78 is 6.11. The number of hydrogen-bond acceptors (Lipinski definition) is 2. The van der Waals surface area contributed by atoms with Crippen LogP contribution in [-0.4, -0.2) is 11.1 Å². The van der Waals surface area contributed by atoms with E-state index in [1.807, 2.05) is 66.7 Å². The summed E-state index contributed by atoms with van der Waals surface area (Å²) in [6.45, 7) is 6.61. The number of benzene rings is 3. The van der Waals surface area contributed by atoms with Gasteiger partial charge in [0.05, 0.1) is 5.92 Å². The maximum atomic E-state index is 12.2. The fourth-order valence-corrected chi connectivity index (χ4v) is 3.42. The van der Waals surface area contributed by atoms with Crippen molar-refractivity contribution in [2.45, 2.75) is 39.7 Å². The Morgan fingerprint density at radius 1 is 0.963 bits per heavy atom. The Morgan fingerprint density at radius 2 is 1.63 bits per heavy atom. The second kappa shape index (κ2) is 7.83. The Bertz CT molecular complexity index is 923. The van der Waals surface area contributed by atoms with E-state index in [1.165, 1.54) is 0 Å². The molecule has 140 valence electrons. The zero-order chi connectivity index (χ0) is 19.4. The maximum absolute atomic E-state index is 12.2. The SMILES string of the molecule is CC(C)(C)CC(C(=O)O)c1c(OCc2ccccc2)ccc2ccccc12. The largest absolute Gasteiger partial charge is 0.489 e. The number of fused-ring (bicyclic) bond motifs is 1. The van der Waals surface area contributed by atoms with Crippen molar-refractivity contribution >= 4 is 16.7 Å². The van der Waals surface area contributed by atoms with E-state index >= 15 is 0 Å². The summed E-state index contributed by atoms with van der Waals surface area (Å²) >= 11 is 0. The molecule has 1 unspecified atom stereocenters. The Hall–Kier alpha value is -2.81. The van der Waals surface area contributed by atoms with E-state index in [-0.39, 0.29) is 5.41 Å². The first-order valence-electron chi connectivity index (χ1n) is 9.26. The summed E-state index contributed by atoms with van der Waals surface area (Å²) in [5.74, 6) is -0.790. The smallest absolute Gasteiger partial charge is 0.311 e. The van der Waals surface area contributed by atoms with Gasteiger partial charge in [0.15, 0.2) is 0 Å². The van der Waals surface area contributed by atoms with E-state index in [0.717, 1.165) is 21.9 Å². The van der Waals surface area contributed by atoms with Crippen molar-refractivity contribution < 1.29 is 14.6 Å². The van der Waals surface area contributed by atoms with Crippen LogP contribution in [0.1, 0.15) is 44.2 Å². The highest BCUT2D eigenvalue weighted by atomic mass is 16.5. The van der Waals surface area contributed by atoms with E-state index in [1.54, 1.807) is 0 Å². The van der Waals surface area contributed by atoms with Crippen LogP contribution in [0, 0.1) is 5.41 Å². The molecule has 0 aliphatic carbocycles. The van der Waals surface area contributed by atoms with Gasteiger partial charge in [-0.05, 0) is 34.2 Å². The Balaban J connectivity index is 2.07. The summed E-state index contributed by atoms with van der Waals surface area (Å²) in [6, 6.07) is 21.7. The molecule has 27 heavy (non-hydrogen) atoms. The van der Waals surface area contributed by atoms with Crippen LogP contribution in [0.25, 0.3) is 10.8 Å². The van der Waals surface area contributed by atoms with Crippen LogP contribution < -0.4 is 4.74 Å². The van der Waals surface area contributed by atoms with Crippen LogP contribution in [0.4, 0.5) is 0 Å². The van der Waals surface area contributed by atoms with Gasteiger partial charge < -0.3 is 9.84 Å². The van der Waals surface area contributed by atoms with Crippen LogP contribution in [0.15, 0.2) is 66.7 Å². The van der Waals surface area contributed by atoms with Gasteiger partial charge in [0.2, 0.25) is 0 Å². The van der Waals surface area contributed by atoms with Gasteiger partial charge in [0.1, 0.15) is 12.4 Å². The zero-order valence-electron chi connectivity index (χ0n) is 16.1. The van der Waals surface area contributed by atoms with Crippen LogP contribution in [0.2, 0.25) is 0 Å². The fourth-order valence-electron chi connectivity index (χ4n) is 3.42. The van der Waals surface area contributed by atoms with Gasteiger partial charge >= 0.3 is 5.97 Å². The van der Waals surface area contributed by atoms with E-state index in [9.17, 15) is 9.90 Å². The van der Waals surface area contributed by atoms with Gasteiger partial charge in [-0.1, -0.05) is 81.4 Å². The molecule has 0 radical (unpaired) electrons. The minimum absolute atomic E-state index is 0.114. The average Bonchev–Trinajstić information content (AvgIpc) is 2.64. The number of carboxylic acids is 1. The third-order valence-corrected chi connectivity index (χ3v) is 4.63. The third kappa shape index (κ3) is 4.68. The molecule has 0 spiro atoms. The molecule has 0 amide bonds. The van der Waals surface area contributed by atoms with Crippen molar-refractivity contribution in [1.82, 2.24) is 0 Å². The van der Waals surface area contributed by atoms with Gasteiger partial charge in [0.25, 0.3) is 0 Å². The van der Waals surface area contributed by atoms with Crippen molar-refractivity contribution in [1.29, 1.82) is 0 Å². The summed E-state index contributed by atoms with van der Waals surface area (Å²) in [4.78, 5) is 12.2. The second-order valence-electron chi connectivity index (χ2n) is 8.13. The van der Waals surface area contributed by atoms with Crippen molar-refractivity contribution in [3.05, 3.63) is 77.9 Å². The van der Waals surface area contributed by atoms with Gasteiger partial charge in [0, 0.05) is 5.56 Å². The Morgan fingerprint density at radius 3 is 2.30 bits per heavy atom. The molecule has 0 bridgehead atoms. The van der Waals surface area contributed by atoms with Crippen molar-refractivity contribution in [3.63, 3.8) is 0 Å². The predicted molar refractivity (Wildman–Crippen MR) is 109 cm³/mol. The predicted octanol–water partition coefficient (Wildman–Crippen LogP) is 6.02. The van der Waals surface area contributed by atoms with Crippen molar-refractivity contribution in [2.24, 2.45) is 5.41 Å². The molecule has 3 heteroatoms.